The van der Waals surface area contributed by atoms with E-state index in [4.69, 9.17) is 19.2 Å². The highest BCUT2D eigenvalue weighted by Gasteiger charge is 2.32. The zero-order valence-corrected chi connectivity index (χ0v) is 17.3. The van der Waals surface area contributed by atoms with E-state index in [1.807, 2.05) is 51.4 Å². The molecule has 0 saturated heterocycles. The van der Waals surface area contributed by atoms with Gasteiger partial charge in [0, 0.05) is 41.1 Å². The quantitative estimate of drug-likeness (QED) is 0.205. The Balaban J connectivity index is 1.76. The van der Waals surface area contributed by atoms with Crippen LogP contribution in [-0.2, 0) is 19.3 Å². The molecule has 1 aliphatic heterocycles. The highest BCUT2D eigenvalue weighted by Crippen LogP contribution is 2.39. The van der Waals surface area contributed by atoms with E-state index in [1.54, 1.807) is 6.20 Å². The number of hydrogen-bond donors (Lipinski definition) is 0. The van der Waals surface area contributed by atoms with Gasteiger partial charge in [-0.2, -0.15) is 4.40 Å². The normalized spacial score (nSPS) is 23.1. The molecule has 0 spiro atoms. The van der Waals surface area contributed by atoms with Crippen LogP contribution in [0.25, 0.3) is 38.6 Å². The van der Waals surface area contributed by atoms with Crippen molar-refractivity contribution in [2.45, 2.75) is 46.7 Å². The van der Waals surface area contributed by atoms with Crippen LogP contribution in [0, 0.1) is 11.8 Å². The van der Waals surface area contributed by atoms with Gasteiger partial charge in [0.1, 0.15) is 18.3 Å². The van der Waals surface area contributed by atoms with Gasteiger partial charge in [-0.05, 0) is 41.8 Å². The third kappa shape index (κ3) is 2.82. The molecule has 0 amide bonds. The van der Waals surface area contributed by atoms with Crippen molar-refractivity contribution < 1.29 is 23.8 Å². The number of para-hydroxylation sites is 1. The number of fused-ring (bicyclic) bond motifs is 3. The highest BCUT2D eigenvalue weighted by molar-refractivity contribution is 6.13. The summed E-state index contributed by atoms with van der Waals surface area (Å²) < 4.78 is 119. The van der Waals surface area contributed by atoms with Gasteiger partial charge in [0.25, 0.3) is 5.65 Å². The molecule has 0 bridgehead atoms. The number of nitrogens with zero attached hydrogens (tertiary/aromatic N) is 2. The molecule has 6 rings (SSSR count). The highest BCUT2D eigenvalue weighted by atomic mass is 15.1. The van der Waals surface area contributed by atoms with Crippen molar-refractivity contribution in [2.75, 3.05) is 0 Å². The summed E-state index contributed by atoms with van der Waals surface area (Å²) in [5, 5.41) is 2.84. The lowest BCUT2D eigenvalue weighted by Gasteiger charge is -2.16. The van der Waals surface area contributed by atoms with Crippen molar-refractivity contribution in [3.63, 3.8) is 0 Å². The molecule has 2 atom stereocenters. The van der Waals surface area contributed by atoms with Crippen LogP contribution in [0.1, 0.15) is 63.3 Å². The summed E-state index contributed by atoms with van der Waals surface area (Å²) in [7, 11) is 0. The first-order chi connectivity index (χ1) is 21.2. The fraction of sp³-hybridized carbons (Fsp3) is 0.300. The molecule has 2 unspecified atom stereocenters. The SMILES string of the molecule is [2H]C(c1cccc(C([2H])C(C([2H])([2H])[2H])C([2H])([2H])[2H])c1-c1c[n+]2c3c4c(cccc4c4ccccc4n13)C2)C(C([2H])([2H])[2H])C([2H])([2H])[2H]. The monoisotopic (exact) mass is 433 g/mol. The molecular formula is C30H31N2+. The Labute approximate surface area is 209 Å². The van der Waals surface area contributed by atoms with Crippen LogP contribution in [-0.4, -0.2) is 4.40 Å². The largest absolute Gasteiger partial charge is 0.295 e. The van der Waals surface area contributed by atoms with Gasteiger partial charge in [0.05, 0.1) is 5.39 Å². The standard InChI is InChI=1S/C30H31N2/c1-19(2)15-21-9-7-10-22(16-20(3)4)28(21)27-18-31-17-23-11-8-13-25-24-12-5-6-14-26(24)32(27)30(31)29(23)25/h5-14,18-20H,15-17H2,1-4H3/q+1/i1D3,2D3,3D3,4D3,15D,16D. The predicted molar refractivity (Wildman–Crippen MR) is 134 cm³/mol. The van der Waals surface area contributed by atoms with Crippen molar-refractivity contribution in [2.24, 2.45) is 11.8 Å². The maximum atomic E-state index is 9.16. The van der Waals surface area contributed by atoms with E-state index in [2.05, 4.69) is 0 Å². The van der Waals surface area contributed by atoms with E-state index in [0.29, 0.717) is 12.2 Å². The van der Waals surface area contributed by atoms with Gasteiger partial charge in [-0.3, -0.25) is 0 Å². The fourth-order valence-electron chi connectivity index (χ4n) is 5.13. The summed E-state index contributed by atoms with van der Waals surface area (Å²) in [6.45, 7) is -11.8. The third-order valence-electron chi connectivity index (χ3n) is 6.23. The second-order valence-corrected chi connectivity index (χ2v) is 8.26. The smallest absolute Gasteiger partial charge is 0.225 e. The first kappa shape index (κ1) is 9.79. The summed E-state index contributed by atoms with van der Waals surface area (Å²) in [6, 6.07) is 17.8. The maximum Gasteiger partial charge on any atom is 0.295 e. The molecule has 1 aliphatic rings. The first-order valence-corrected chi connectivity index (χ1v) is 10.6. The van der Waals surface area contributed by atoms with Crippen molar-refractivity contribution in [1.29, 1.82) is 0 Å². The Kier molecular flexibility index (Phi) is 2.20. The predicted octanol–water partition coefficient (Wildman–Crippen LogP) is 6.96. The zero-order chi connectivity index (χ0) is 33.7. The lowest BCUT2D eigenvalue weighted by molar-refractivity contribution is -0.657. The average Bonchev–Trinajstić information content (AvgIpc) is 3.46. The zero-order valence-electron chi connectivity index (χ0n) is 31.3. The number of rotatable bonds is 5. The number of aromatic nitrogens is 2. The van der Waals surface area contributed by atoms with Gasteiger partial charge in [-0.25, -0.2) is 4.57 Å². The van der Waals surface area contributed by atoms with E-state index in [0.717, 1.165) is 32.9 Å². The number of benzene rings is 3. The molecule has 0 radical (unpaired) electrons. The van der Waals surface area contributed by atoms with Gasteiger partial charge >= 0.3 is 0 Å². The summed E-state index contributed by atoms with van der Waals surface area (Å²) in [4.78, 5) is 0. The molecule has 0 saturated carbocycles. The molecule has 160 valence electrons. The van der Waals surface area contributed by atoms with Crippen molar-refractivity contribution >= 4 is 27.3 Å². The van der Waals surface area contributed by atoms with Crippen LogP contribution >= 0.6 is 0 Å². The topological polar surface area (TPSA) is 8.29 Å². The van der Waals surface area contributed by atoms with Gasteiger partial charge in [-0.1, -0.05) is 82.0 Å². The molecule has 3 heterocycles. The van der Waals surface area contributed by atoms with Crippen LogP contribution in [0.15, 0.2) is 66.9 Å². The Bertz CT molecular complexity index is 1900. The molecule has 2 heteroatoms. The van der Waals surface area contributed by atoms with Crippen LogP contribution in [0.2, 0.25) is 0 Å². The van der Waals surface area contributed by atoms with E-state index < -0.39 is 52.0 Å². The molecule has 0 N–H and O–H groups in total. The maximum absolute atomic E-state index is 9.16. The van der Waals surface area contributed by atoms with Crippen LogP contribution in [0.4, 0.5) is 0 Å². The molecule has 3 aromatic carbocycles. The number of hydrogen-bond acceptors (Lipinski definition) is 0. The molecule has 5 aromatic rings. The number of imidazole rings is 1. The molecule has 2 aromatic heterocycles. The first-order valence-electron chi connectivity index (χ1n) is 17.7. The van der Waals surface area contributed by atoms with Gasteiger partial charge in [0.2, 0.25) is 0 Å². The van der Waals surface area contributed by atoms with Gasteiger partial charge in [-0.15, -0.1) is 0 Å². The summed E-state index contributed by atoms with van der Waals surface area (Å²) in [5.74, 6) is -4.26. The lowest BCUT2D eigenvalue weighted by Crippen LogP contribution is -2.28. The average molecular weight is 434 g/mol. The second-order valence-electron chi connectivity index (χ2n) is 8.26. The minimum atomic E-state index is -3.07. The van der Waals surface area contributed by atoms with Gasteiger partial charge in [0.15, 0.2) is 5.69 Å². The summed E-state index contributed by atoms with van der Waals surface area (Å²) in [6.07, 6.45) is -1.97. The Morgan fingerprint density at radius 3 is 2.31 bits per heavy atom. The van der Waals surface area contributed by atoms with E-state index in [9.17, 15) is 0 Å². The van der Waals surface area contributed by atoms with Gasteiger partial charge < -0.3 is 0 Å². The molecule has 2 nitrogen and oxygen atoms in total. The van der Waals surface area contributed by atoms with E-state index in [1.165, 1.54) is 18.2 Å². The fourth-order valence-corrected chi connectivity index (χ4v) is 5.13. The lowest BCUT2D eigenvalue weighted by atomic mass is 9.89. The Morgan fingerprint density at radius 2 is 1.56 bits per heavy atom. The summed E-state index contributed by atoms with van der Waals surface area (Å²) >= 11 is 0. The van der Waals surface area contributed by atoms with Crippen LogP contribution in [0.5, 0.6) is 0 Å². The Morgan fingerprint density at radius 1 is 0.875 bits per heavy atom. The molecular weight excluding hydrogens is 388 g/mol. The summed E-state index contributed by atoms with van der Waals surface area (Å²) in [5.41, 5.74) is 2.91. The van der Waals surface area contributed by atoms with Crippen molar-refractivity contribution in [3.05, 3.63) is 83.6 Å². The van der Waals surface area contributed by atoms with Crippen LogP contribution in [0.3, 0.4) is 0 Å². The Hall–Kier alpha value is -3.13. The van der Waals surface area contributed by atoms with Crippen LogP contribution < -0.4 is 4.57 Å². The van der Waals surface area contributed by atoms with Crippen molar-refractivity contribution in [1.82, 2.24) is 4.40 Å². The third-order valence-corrected chi connectivity index (χ3v) is 6.23. The number of pyridine rings is 1. The minimum Gasteiger partial charge on any atom is -0.225 e. The van der Waals surface area contributed by atoms with E-state index in [-0.39, 0.29) is 16.7 Å². The minimum absolute atomic E-state index is 0.0496. The molecule has 32 heavy (non-hydrogen) atoms. The molecule has 0 fully saturated rings. The van der Waals surface area contributed by atoms with Crippen molar-refractivity contribution in [3.8, 4) is 11.3 Å². The molecule has 0 aliphatic carbocycles. The van der Waals surface area contributed by atoms with E-state index >= 15 is 0 Å². The second kappa shape index (κ2) is 7.20.